The minimum absolute atomic E-state index is 0.0618. The van der Waals surface area contributed by atoms with Crippen molar-refractivity contribution in [2.75, 3.05) is 26.2 Å². The Bertz CT molecular complexity index is 310. The Morgan fingerprint density at radius 2 is 2.00 bits per heavy atom. The summed E-state index contributed by atoms with van der Waals surface area (Å²) in [5.41, 5.74) is -0.265. The van der Waals surface area contributed by atoms with Crippen LogP contribution in [0.25, 0.3) is 0 Å². The standard InChI is InChI=1S/C13H24N2O4/c1-2-6-15(7-8-16)12(19)14-10-13(4-3-5-13)9-11(17)18/h16H,2-10H2,1H3,(H,14,19)(H,17,18). The topological polar surface area (TPSA) is 89.9 Å². The molecule has 0 aromatic heterocycles. The van der Waals surface area contributed by atoms with E-state index in [1.807, 2.05) is 6.92 Å². The van der Waals surface area contributed by atoms with Crippen LogP contribution in [0.4, 0.5) is 4.79 Å². The molecule has 6 heteroatoms. The second kappa shape index (κ2) is 7.33. The highest BCUT2D eigenvalue weighted by atomic mass is 16.4. The number of hydrogen-bond donors (Lipinski definition) is 3. The summed E-state index contributed by atoms with van der Waals surface area (Å²) in [4.78, 5) is 24.3. The number of carboxylic acids is 1. The van der Waals surface area contributed by atoms with Gasteiger partial charge in [0.1, 0.15) is 0 Å². The number of carbonyl (C=O) groups is 2. The summed E-state index contributed by atoms with van der Waals surface area (Å²) in [6, 6.07) is -0.215. The summed E-state index contributed by atoms with van der Waals surface area (Å²) >= 11 is 0. The van der Waals surface area contributed by atoms with Crippen molar-refractivity contribution in [3.63, 3.8) is 0 Å². The van der Waals surface area contributed by atoms with Crippen LogP contribution in [0.1, 0.15) is 39.0 Å². The first-order valence-corrected chi connectivity index (χ1v) is 6.88. The second-order valence-electron chi connectivity index (χ2n) is 5.29. The van der Waals surface area contributed by atoms with E-state index in [1.54, 1.807) is 4.90 Å². The van der Waals surface area contributed by atoms with E-state index in [4.69, 9.17) is 10.2 Å². The van der Waals surface area contributed by atoms with E-state index < -0.39 is 5.97 Å². The second-order valence-corrected chi connectivity index (χ2v) is 5.29. The lowest BCUT2D eigenvalue weighted by Crippen LogP contribution is -2.48. The van der Waals surface area contributed by atoms with Gasteiger partial charge >= 0.3 is 12.0 Å². The fraction of sp³-hybridized carbons (Fsp3) is 0.846. The average Bonchev–Trinajstić information content (AvgIpc) is 2.31. The van der Waals surface area contributed by atoms with Gasteiger partial charge in [-0.25, -0.2) is 4.79 Å². The van der Waals surface area contributed by atoms with Crippen LogP contribution in [0, 0.1) is 5.41 Å². The van der Waals surface area contributed by atoms with Crippen molar-refractivity contribution in [2.24, 2.45) is 5.41 Å². The first kappa shape index (κ1) is 15.8. The van der Waals surface area contributed by atoms with Gasteiger partial charge in [-0.2, -0.15) is 0 Å². The molecular weight excluding hydrogens is 248 g/mol. The van der Waals surface area contributed by atoms with Crippen LogP contribution < -0.4 is 5.32 Å². The number of amides is 2. The van der Waals surface area contributed by atoms with Crippen molar-refractivity contribution in [3.05, 3.63) is 0 Å². The predicted octanol–water partition coefficient (Wildman–Crippen LogP) is 1.05. The number of nitrogens with one attached hydrogen (secondary N) is 1. The zero-order valence-electron chi connectivity index (χ0n) is 11.5. The number of rotatable bonds is 8. The van der Waals surface area contributed by atoms with Gasteiger partial charge in [0.25, 0.3) is 0 Å². The Hall–Kier alpha value is -1.30. The number of carboxylic acid groups (broad SMARTS) is 1. The van der Waals surface area contributed by atoms with Crippen LogP contribution in [0.5, 0.6) is 0 Å². The van der Waals surface area contributed by atoms with Gasteiger partial charge in [-0.1, -0.05) is 13.3 Å². The van der Waals surface area contributed by atoms with Gasteiger partial charge in [0.15, 0.2) is 0 Å². The molecule has 0 bridgehead atoms. The first-order chi connectivity index (χ1) is 9.03. The normalized spacial score (nSPS) is 16.5. The SMILES string of the molecule is CCCN(CCO)C(=O)NCC1(CC(=O)O)CCC1. The largest absolute Gasteiger partial charge is 0.481 e. The maximum absolute atomic E-state index is 12.0. The van der Waals surface area contributed by atoms with Gasteiger partial charge in [0.05, 0.1) is 13.0 Å². The van der Waals surface area contributed by atoms with Gasteiger partial charge in [-0.05, 0) is 24.7 Å². The molecule has 0 aromatic rings. The molecule has 0 aliphatic heterocycles. The monoisotopic (exact) mass is 272 g/mol. The Labute approximate surface area is 113 Å². The van der Waals surface area contributed by atoms with Crippen molar-refractivity contribution in [3.8, 4) is 0 Å². The van der Waals surface area contributed by atoms with E-state index in [0.29, 0.717) is 19.6 Å². The zero-order valence-corrected chi connectivity index (χ0v) is 11.5. The lowest BCUT2D eigenvalue weighted by Gasteiger charge is -2.41. The smallest absolute Gasteiger partial charge is 0.317 e. The van der Waals surface area contributed by atoms with E-state index in [2.05, 4.69) is 5.32 Å². The number of nitrogens with zero attached hydrogens (tertiary/aromatic N) is 1. The van der Waals surface area contributed by atoms with Crippen LogP contribution in [0.2, 0.25) is 0 Å². The molecule has 1 rings (SSSR count). The van der Waals surface area contributed by atoms with Crippen molar-refractivity contribution >= 4 is 12.0 Å². The number of carbonyl (C=O) groups excluding carboxylic acids is 1. The zero-order chi connectivity index (χ0) is 14.3. The molecular formula is C13H24N2O4. The predicted molar refractivity (Wildman–Crippen MR) is 70.9 cm³/mol. The highest BCUT2D eigenvalue weighted by Crippen LogP contribution is 2.43. The van der Waals surface area contributed by atoms with E-state index in [-0.39, 0.29) is 24.5 Å². The van der Waals surface area contributed by atoms with Crippen molar-refractivity contribution < 1.29 is 19.8 Å². The van der Waals surface area contributed by atoms with Crippen molar-refractivity contribution in [1.82, 2.24) is 10.2 Å². The summed E-state index contributed by atoms with van der Waals surface area (Å²) < 4.78 is 0. The van der Waals surface area contributed by atoms with Crippen LogP contribution in [0.3, 0.4) is 0 Å². The molecule has 110 valence electrons. The molecule has 3 N–H and O–H groups in total. The molecule has 0 heterocycles. The first-order valence-electron chi connectivity index (χ1n) is 6.88. The van der Waals surface area contributed by atoms with Gasteiger partial charge in [-0.15, -0.1) is 0 Å². The lowest BCUT2D eigenvalue weighted by molar-refractivity contribution is -0.141. The van der Waals surface area contributed by atoms with E-state index >= 15 is 0 Å². The number of hydrogen-bond acceptors (Lipinski definition) is 3. The van der Waals surface area contributed by atoms with E-state index in [9.17, 15) is 9.59 Å². The Balaban J connectivity index is 2.44. The molecule has 0 radical (unpaired) electrons. The molecule has 0 spiro atoms. The average molecular weight is 272 g/mol. The number of aliphatic hydroxyl groups is 1. The highest BCUT2D eigenvalue weighted by Gasteiger charge is 2.39. The number of urea groups is 1. The van der Waals surface area contributed by atoms with E-state index in [1.165, 1.54) is 0 Å². The molecule has 0 saturated heterocycles. The molecule has 0 unspecified atom stereocenters. The molecule has 1 fully saturated rings. The molecule has 0 aromatic carbocycles. The summed E-state index contributed by atoms with van der Waals surface area (Å²) in [6.07, 6.45) is 3.67. The third-order valence-electron chi connectivity index (χ3n) is 3.71. The summed E-state index contributed by atoms with van der Waals surface area (Å²) in [7, 11) is 0. The van der Waals surface area contributed by atoms with Crippen molar-refractivity contribution in [2.45, 2.75) is 39.0 Å². The molecule has 1 aliphatic carbocycles. The summed E-state index contributed by atoms with van der Waals surface area (Å²) in [5, 5.41) is 20.6. The minimum atomic E-state index is -0.810. The Morgan fingerprint density at radius 1 is 1.32 bits per heavy atom. The third kappa shape index (κ3) is 4.70. The fourth-order valence-electron chi connectivity index (χ4n) is 2.49. The Morgan fingerprint density at radius 3 is 2.42 bits per heavy atom. The van der Waals surface area contributed by atoms with E-state index in [0.717, 1.165) is 25.7 Å². The van der Waals surface area contributed by atoms with Gasteiger partial charge in [0.2, 0.25) is 0 Å². The number of aliphatic hydroxyl groups excluding tert-OH is 1. The highest BCUT2D eigenvalue weighted by molar-refractivity contribution is 5.74. The lowest BCUT2D eigenvalue weighted by atomic mass is 9.66. The van der Waals surface area contributed by atoms with Gasteiger partial charge < -0.3 is 20.4 Å². The molecule has 1 saturated carbocycles. The van der Waals surface area contributed by atoms with Crippen LogP contribution in [-0.4, -0.2) is 53.4 Å². The minimum Gasteiger partial charge on any atom is -0.481 e. The molecule has 2 amide bonds. The molecule has 0 atom stereocenters. The molecule has 19 heavy (non-hydrogen) atoms. The molecule has 6 nitrogen and oxygen atoms in total. The van der Waals surface area contributed by atoms with Crippen LogP contribution >= 0.6 is 0 Å². The fourth-order valence-corrected chi connectivity index (χ4v) is 2.49. The summed E-state index contributed by atoms with van der Waals surface area (Å²) in [6.45, 7) is 3.22. The Kier molecular flexibility index (Phi) is 6.08. The number of aliphatic carboxylic acids is 1. The van der Waals surface area contributed by atoms with Crippen LogP contribution in [-0.2, 0) is 4.79 Å². The van der Waals surface area contributed by atoms with Crippen LogP contribution in [0.15, 0.2) is 0 Å². The van der Waals surface area contributed by atoms with Crippen molar-refractivity contribution in [1.29, 1.82) is 0 Å². The third-order valence-corrected chi connectivity index (χ3v) is 3.71. The van der Waals surface area contributed by atoms with Gasteiger partial charge in [-0.3, -0.25) is 4.79 Å². The quantitative estimate of drug-likeness (QED) is 0.616. The van der Waals surface area contributed by atoms with Gasteiger partial charge in [0, 0.05) is 19.6 Å². The maximum atomic E-state index is 12.0. The molecule has 1 aliphatic rings. The maximum Gasteiger partial charge on any atom is 0.317 e. The summed E-state index contributed by atoms with van der Waals surface area (Å²) in [5.74, 6) is -0.810.